The van der Waals surface area contributed by atoms with Gasteiger partial charge in [-0.3, -0.25) is 0 Å². The lowest BCUT2D eigenvalue weighted by Crippen LogP contribution is -2.09. The summed E-state index contributed by atoms with van der Waals surface area (Å²) in [5.41, 5.74) is 2.36. The predicted octanol–water partition coefficient (Wildman–Crippen LogP) is 4.91. The maximum Gasteiger partial charge on any atom is 0.125 e. The van der Waals surface area contributed by atoms with Crippen LogP contribution in [0.5, 0.6) is 0 Å². The van der Waals surface area contributed by atoms with E-state index in [1.165, 1.54) is 5.56 Å². The average molecular weight is 294 g/mol. The number of nitrogens with one attached hydrogen (secondary N) is 1. The Bertz CT molecular complexity index is 479. The standard InChI is InChI=1S/C14H16BrNO/c1-3-12(14-8-5-9-17-14)16-13-7-4-6-11(15)10(13)2/h4-9,12,16H,3H2,1-2H3. The van der Waals surface area contributed by atoms with Crippen LogP contribution in [0.25, 0.3) is 0 Å². The molecule has 90 valence electrons. The molecule has 0 aliphatic carbocycles. The van der Waals surface area contributed by atoms with Crippen molar-refractivity contribution in [3.8, 4) is 0 Å². The summed E-state index contributed by atoms with van der Waals surface area (Å²) < 4.78 is 6.58. The molecule has 0 saturated heterocycles. The fraction of sp³-hybridized carbons (Fsp3) is 0.286. The summed E-state index contributed by atoms with van der Waals surface area (Å²) in [6, 6.07) is 10.3. The molecule has 17 heavy (non-hydrogen) atoms. The van der Waals surface area contributed by atoms with Gasteiger partial charge in [-0.05, 0) is 43.2 Å². The lowest BCUT2D eigenvalue weighted by Gasteiger charge is -2.18. The van der Waals surface area contributed by atoms with Crippen LogP contribution in [0.1, 0.15) is 30.7 Å². The summed E-state index contributed by atoms with van der Waals surface area (Å²) in [5, 5.41) is 3.52. The molecule has 2 rings (SSSR count). The van der Waals surface area contributed by atoms with Crippen molar-refractivity contribution in [2.24, 2.45) is 0 Å². The third-order valence-corrected chi connectivity index (χ3v) is 3.75. The smallest absolute Gasteiger partial charge is 0.125 e. The quantitative estimate of drug-likeness (QED) is 0.866. The van der Waals surface area contributed by atoms with Gasteiger partial charge in [-0.25, -0.2) is 0 Å². The van der Waals surface area contributed by atoms with Crippen LogP contribution in [0.3, 0.4) is 0 Å². The summed E-state index contributed by atoms with van der Waals surface area (Å²) in [5.74, 6) is 0.979. The number of rotatable bonds is 4. The molecule has 0 spiro atoms. The lowest BCUT2D eigenvalue weighted by molar-refractivity contribution is 0.474. The van der Waals surface area contributed by atoms with Gasteiger partial charge in [0.05, 0.1) is 12.3 Å². The maximum absolute atomic E-state index is 5.45. The van der Waals surface area contributed by atoms with Gasteiger partial charge in [0.25, 0.3) is 0 Å². The van der Waals surface area contributed by atoms with Gasteiger partial charge in [0.2, 0.25) is 0 Å². The van der Waals surface area contributed by atoms with Gasteiger partial charge >= 0.3 is 0 Å². The van der Waals surface area contributed by atoms with Gasteiger partial charge in [0.1, 0.15) is 5.76 Å². The Morgan fingerprint density at radius 2 is 2.12 bits per heavy atom. The molecule has 1 aromatic carbocycles. The molecule has 0 saturated carbocycles. The summed E-state index contributed by atoms with van der Waals surface area (Å²) in [7, 11) is 0. The van der Waals surface area contributed by atoms with Crippen LogP contribution in [-0.4, -0.2) is 0 Å². The highest BCUT2D eigenvalue weighted by atomic mass is 79.9. The molecule has 0 bridgehead atoms. The molecule has 1 unspecified atom stereocenters. The summed E-state index contributed by atoms with van der Waals surface area (Å²) in [4.78, 5) is 0. The molecule has 1 aromatic heterocycles. The van der Waals surface area contributed by atoms with Crippen LogP contribution in [-0.2, 0) is 0 Å². The van der Waals surface area contributed by atoms with Crippen molar-refractivity contribution in [3.63, 3.8) is 0 Å². The van der Waals surface area contributed by atoms with Crippen LogP contribution in [0.15, 0.2) is 45.5 Å². The van der Waals surface area contributed by atoms with Crippen molar-refractivity contribution >= 4 is 21.6 Å². The van der Waals surface area contributed by atoms with Crippen molar-refractivity contribution in [2.75, 3.05) is 5.32 Å². The van der Waals surface area contributed by atoms with Crippen molar-refractivity contribution in [1.82, 2.24) is 0 Å². The third kappa shape index (κ3) is 2.72. The normalized spacial score (nSPS) is 12.4. The Kier molecular flexibility index (Phi) is 3.89. The van der Waals surface area contributed by atoms with E-state index in [4.69, 9.17) is 4.42 Å². The molecular formula is C14H16BrNO. The molecule has 0 aliphatic heterocycles. The maximum atomic E-state index is 5.45. The van der Waals surface area contributed by atoms with E-state index < -0.39 is 0 Å². The molecule has 2 aromatic rings. The number of hydrogen-bond acceptors (Lipinski definition) is 2. The SMILES string of the molecule is CCC(Nc1cccc(Br)c1C)c1ccco1. The first-order valence-electron chi connectivity index (χ1n) is 5.77. The van der Waals surface area contributed by atoms with Gasteiger partial charge < -0.3 is 9.73 Å². The Morgan fingerprint density at radius 3 is 2.76 bits per heavy atom. The molecule has 0 aliphatic rings. The van der Waals surface area contributed by atoms with E-state index in [2.05, 4.69) is 41.2 Å². The van der Waals surface area contributed by atoms with Crippen molar-refractivity contribution in [3.05, 3.63) is 52.4 Å². The van der Waals surface area contributed by atoms with E-state index in [1.807, 2.05) is 24.3 Å². The number of benzene rings is 1. The second kappa shape index (κ2) is 5.41. The predicted molar refractivity (Wildman–Crippen MR) is 74.2 cm³/mol. The molecule has 3 heteroatoms. The van der Waals surface area contributed by atoms with Gasteiger partial charge in [0, 0.05) is 10.2 Å². The minimum atomic E-state index is 0.220. The first-order valence-corrected chi connectivity index (χ1v) is 6.56. The zero-order valence-electron chi connectivity index (χ0n) is 10.0. The first-order chi connectivity index (χ1) is 8.22. The highest BCUT2D eigenvalue weighted by Gasteiger charge is 2.13. The highest BCUT2D eigenvalue weighted by molar-refractivity contribution is 9.10. The van der Waals surface area contributed by atoms with Crippen LogP contribution >= 0.6 is 15.9 Å². The van der Waals surface area contributed by atoms with Gasteiger partial charge in [-0.15, -0.1) is 0 Å². The average Bonchev–Trinajstić information content (AvgIpc) is 2.85. The molecule has 0 radical (unpaired) electrons. The molecule has 0 amide bonds. The van der Waals surface area contributed by atoms with E-state index >= 15 is 0 Å². The Morgan fingerprint density at radius 1 is 1.29 bits per heavy atom. The number of hydrogen-bond donors (Lipinski definition) is 1. The zero-order chi connectivity index (χ0) is 12.3. The van der Waals surface area contributed by atoms with E-state index in [-0.39, 0.29) is 6.04 Å². The highest BCUT2D eigenvalue weighted by Crippen LogP contribution is 2.28. The minimum absolute atomic E-state index is 0.220. The largest absolute Gasteiger partial charge is 0.467 e. The van der Waals surface area contributed by atoms with Crippen LogP contribution in [0.2, 0.25) is 0 Å². The fourth-order valence-electron chi connectivity index (χ4n) is 1.82. The zero-order valence-corrected chi connectivity index (χ0v) is 11.6. The van der Waals surface area contributed by atoms with Gasteiger partial charge in [0.15, 0.2) is 0 Å². The molecule has 2 nitrogen and oxygen atoms in total. The van der Waals surface area contributed by atoms with E-state index in [0.717, 1.165) is 22.3 Å². The summed E-state index contributed by atoms with van der Waals surface area (Å²) in [6.45, 7) is 4.24. The van der Waals surface area contributed by atoms with Gasteiger partial charge in [-0.1, -0.05) is 28.9 Å². The summed E-state index contributed by atoms with van der Waals surface area (Å²) in [6.07, 6.45) is 2.70. The van der Waals surface area contributed by atoms with Crippen molar-refractivity contribution in [1.29, 1.82) is 0 Å². The van der Waals surface area contributed by atoms with Gasteiger partial charge in [-0.2, -0.15) is 0 Å². The van der Waals surface area contributed by atoms with Crippen LogP contribution in [0.4, 0.5) is 5.69 Å². The van der Waals surface area contributed by atoms with Crippen LogP contribution < -0.4 is 5.32 Å². The number of halogens is 1. The van der Waals surface area contributed by atoms with Crippen LogP contribution in [0, 0.1) is 6.92 Å². The Hall–Kier alpha value is -1.22. The lowest BCUT2D eigenvalue weighted by atomic mass is 10.1. The summed E-state index contributed by atoms with van der Waals surface area (Å²) >= 11 is 3.54. The molecule has 1 heterocycles. The van der Waals surface area contributed by atoms with E-state index in [1.54, 1.807) is 6.26 Å². The molecular weight excluding hydrogens is 278 g/mol. The van der Waals surface area contributed by atoms with Crippen molar-refractivity contribution < 1.29 is 4.42 Å². The number of furan rings is 1. The Balaban J connectivity index is 2.22. The number of anilines is 1. The topological polar surface area (TPSA) is 25.2 Å². The molecule has 0 fully saturated rings. The second-order valence-corrected chi connectivity index (χ2v) is 4.89. The minimum Gasteiger partial charge on any atom is -0.467 e. The second-order valence-electron chi connectivity index (χ2n) is 4.03. The van der Waals surface area contributed by atoms with E-state index in [9.17, 15) is 0 Å². The Labute approximate surface area is 110 Å². The monoisotopic (exact) mass is 293 g/mol. The third-order valence-electron chi connectivity index (χ3n) is 2.89. The first kappa shape index (κ1) is 12.2. The fourth-order valence-corrected chi connectivity index (χ4v) is 2.18. The van der Waals surface area contributed by atoms with E-state index in [0.29, 0.717) is 0 Å². The molecule has 1 atom stereocenters. The molecule has 1 N–H and O–H groups in total. The van der Waals surface area contributed by atoms with Crippen molar-refractivity contribution in [2.45, 2.75) is 26.3 Å².